The van der Waals surface area contributed by atoms with E-state index in [0.29, 0.717) is 25.9 Å². The van der Waals surface area contributed by atoms with E-state index >= 15 is 0 Å². The summed E-state index contributed by atoms with van der Waals surface area (Å²) in [6, 6.07) is -0.0539. The summed E-state index contributed by atoms with van der Waals surface area (Å²) >= 11 is 0. The molecule has 0 radical (unpaired) electrons. The summed E-state index contributed by atoms with van der Waals surface area (Å²) in [6.07, 6.45) is 1.80. The van der Waals surface area contributed by atoms with Crippen LogP contribution in [-0.2, 0) is 9.53 Å². The quantitative estimate of drug-likeness (QED) is 0.825. The van der Waals surface area contributed by atoms with Crippen molar-refractivity contribution in [3.63, 3.8) is 0 Å². The lowest BCUT2D eigenvalue weighted by molar-refractivity contribution is -0.137. The van der Waals surface area contributed by atoms with Crippen LogP contribution in [0.15, 0.2) is 0 Å². The zero-order valence-corrected chi connectivity index (χ0v) is 12.6. The van der Waals surface area contributed by atoms with Crippen molar-refractivity contribution in [1.29, 1.82) is 0 Å². The Morgan fingerprint density at radius 1 is 1.30 bits per heavy atom. The molecule has 3 N–H and O–H groups in total. The van der Waals surface area contributed by atoms with Gasteiger partial charge in [-0.05, 0) is 46.0 Å². The highest BCUT2D eigenvalue weighted by Crippen LogP contribution is 2.22. The summed E-state index contributed by atoms with van der Waals surface area (Å²) in [5.41, 5.74) is 5.58. The molecule has 0 aromatic carbocycles. The predicted octanol–water partition coefficient (Wildman–Crippen LogP) is 1.83. The minimum Gasteiger partial charge on any atom is -0.481 e. The fraction of sp³-hybridized carbons (Fsp3) is 0.857. The van der Waals surface area contributed by atoms with Crippen molar-refractivity contribution >= 4 is 12.1 Å². The van der Waals surface area contributed by atoms with Gasteiger partial charge >= 0.3 is 12.1 Å². The van der Waals surface area contributed by atoms with Gasteiger partial charge in [-0.3, -0.25) is 4.79 Å². The number of hydrogen-bond acceptors (Lipinski definition) is 4. The summed E-state index contributed by atoms with van der Waals surface area (Å²) < 4.78 is 5.35. The summed E-state index contributed by atoms with van der Waals surface area (Å²) in [4.78, 5) is 24.3. The number of carboxylic acids is 1. The molecule has 20 heavy (non-hydrogen) atoms. The van der Waals surface area contributed by atoms with Crippen LogP contribution in [0.3, 0.4) is 0 Å². The minimum absolute atomic E-state index is 0.0539. The van der Waals surface area contributed by atoms with Gasteiger partial charge in [-0.15, -0.1) is 0 Å². The fourth-order valence-electron chi connectivity index (χ4n) is 2.36. The molecule has 1 heterocycles. The van der Waals surface area contributed by atoms with E-state index in [1.165, 1.54) is 0 Å². The molecule has 2 atom stereocenters. The fourth-order valence-corrected chi connectivity index (χ4v) is 2.36. The molecule has 1 aliphatic rings. The molecule has 0 bridgehead atoms. The largest absolute Gasteiger partial charge is 0.481 e. The predicted molar refractivity (Wildman–Crippen MR) is 75.4 cm³/mol. The summed E-state index contributed by atoms with van der Waals surface area (Å²) in [5, 5.41) is 8.74. The zero-order chi connectivity index (χ0) is 15.3. The maximum absolute atomic E-state index is 12.0. The van der Waals surface area contributed by atoms with Crippen molar-refractivity contribution in [2.45, 2.75) is 58.1 Å². The number of nitrogens with two attached hydrogens (primary N) is 1. The molecule has 2 unspecified atom stereocenters. The topological polar surface area (TPSA) is 92.9 Å². The van der Waals surface area contributed by atoms with E-state index < -0.39 is 11.6 Å². The van der Waals surface area contributed by atoms with Gasteiger partial charge < -0.3 is 20.5 Å². The lowest BCUT2D eigenvalue weighted by Crippen LogP contribution is -2.37. The number of hydrogen-bond donors (Lipinski definition) is 2. The first-order valence-electron chi connectivity index (χ1n) is 7.14. The van der Waals surface area contributed by atoms with Gasteiger partial charge in [0.15, 0.2) is 0 Å². The van der Waals surface area contributed by atoms with E-state index in [4.69, 9.17) is 15.6 Å². The Morgan fingerprint density at radius 3 is 2.45 bits per heavy atom. The van der Waals surface area contributed by atoms with Crippen LogP contribution >= 0.6 is 0 Å². The van der Waals surface area contributed by atoms with Crippen molar-refractivity contribution < 1.29 is 19.4 Å². The van der Waals surface area contributed by atoms with Crippen LogP contribution < -0.4 is 5.73 Å². The van der Waals surface area contributed by atoms with Gasteiger partial charge in [0, 0.05) is 25.6 Å². The number of nitrogens with zero attached hydrogens (tertiary/aromatic N) is 1. The number of rotatable bonds is 3. The molecule has 6 heteroatoms. The first-order chi connectivity index (χ1) is 9.19. The maximum atomic E-state index is 12.0. The van der Waals surface area contributed by atoms with Crippen molar-refractivity contribution in [2.75, 3.05) is 13.1 Å². The van der Waals surface area contributed by atoms with Crippen LogP contribution in [0.1, 0.15) is 46.5 Å². The molecule has 0 aromatic rings. The number of carbonyl (C=O) groups excluding carboxylic acids is 1. The van der Waals surface area contributed by atoms with Crippen molar-refractivity contribution in [1.82, 2.24) is 4.90 Å². The van der Waals surface area contributed by atoms with E-state index in [-0.39, 0.29) is 24.5 Å². The van der Waals surface area contributed by atoms with Crippen molar-refractivity contribution in [3.8, 4) is 0 Å². The molecule has 1 saturated heterocycles. The molecule has 6 nitrogen and oxygen atoms in total. The number of carbonyl (C=O) groups is 2. The SMILES string of the molecule is CC(C)(C)OC(=O)N1CCC(N)C(CCC(=O)O)CC1. The Balaban J connectivity index is 2.52. The Kier molecular flexibility index (Phi) is 5.80. The van der Waals surface area contributed by atoms with Gasteiger partial charge in [-0.25, -0.2) is 4.79 Å². The second-order valence-electron chi connectivity index (χ2n) is 6.40. The standard InChI is InChI=1S/C14H26N2O4/c1-14(2,3)20-13(19)16-8-6-10(4-5-12(17)18)11(15)7-9-16/h10-11H,4-9,15H2,1-3H3,(H,17,18). The van der Waals surface area contributed by atoms with Gasteiger partial charge in [0.25, 0.3) is 0 Å². The Hall–Kier alpha value is -1.30. The highest BCUT2D eigenvalue weighted by molar-refractivity contribution is 5.68. The maximum Gasteiger partial charge on any atom is 0.410 e. The van der Waals surface area contributed by atoms with Crippen LogP contribution in [0.25, 0.3) is 0 Å². The Morgan fingerprint density at radius 2 is 1.90 bits per heavy atom. The molecule has 0 saturated carbocycles. The second-order valence-corrected chi connectivity index (χ2v) is 6.40. The van der Waals surface area contributed by atoms with Crippen LogP contribution in [0.4, 0.5) is 4.79 Å². The molecule has 0 aromatic heterocycles. The zero-order valence-electron chi connectivity index (χ0n) is 12.6. The van der Waals surface area contributed by atoms with Gasteiger partial charge in [0.2, 0.25) is 0 Å². The van der Waals surface area contributed by atoms with Gasteiger partial charge in [-0.2, -0.15) is 0 Å². The molecule has 0 aliphatic carbocycles. The molecule has 0 spiro atoms. The molecule has 1 fully saturated rings. The molecule has 1 amide bonds. The molecule has 116 valence electrons. The number of carboxylic acid groups (broad SMARTS) is 1. The van der Waals surface area contributed by atoms with Crippen molar-refractivity contribution in [3.05, 3.63) is 0 Å². The third-order valence-corrected chi connectivity index (χ3v) is 3.49. The third-order valence-electron chi connectivity index (χ3n) is 3.49. The van der Waals surface area contributed by atoms with Gasteiger partial charge in [-0.1, -0.05) is 0 Å². The Bertz CT molecular complexity index is 352. The average Bonchev–Trinajstić information content (AvgIpc) is 2.46. The number of amides is 1. The monoisotopic (exact) mass is 286 g/mol. The summed E-state index contributed by atoms with van der Waals surface area (Å²) in [6.45, 7) is 6.66. The normalized spacial score (nSPS) is 24.1. The molecule has 1 aliphatic heterocycles. The lowest BCUT2D eigenvalue weighted by Gasteiger charge is -2.26. The molecular formula is C14H26N2O4. The van der Waals surface area contributed by atoms with Crippen LogP contribution in [0, 0.1) is 5.92 Å². The van der Waals surface area contributed by atoms with Crippen LogP contribution in [-0.4, -0.2) is 46.8 Å². The first kappa shape index (κ1) is 16.8. The first-order valence-corrected chi connectivity index (χ1v) is 7.14. The average molecular weight is 286 g/mol. The highest BCUT2D eigenvalue weighted by atomic mass is 16.6. The van der Waals surface area contributed by atoms with E-state index in [0.717, 1.165) is 6.42 Å². The third kappa shape index (κ3) is 5.77. The highest BCUT2D eigenvalue weighted by Gasteiger charge is 2.28. The second kappa shape index (κ2) is 6.92. The lowest BCUT2D eigenvalue weighted by atomic mass is 9.91. The number of aliphatic carboxylic acids is 1. The van der Waals surface area contributed by atoms with Crippen LogP contribution in [0.5, 0.6) is 0 Å². The Labute approximate surface area is 120 Å². The minimum atomic E-state index is -0.801. The van der Waals surface area contributed by atoms with Crippen molar-refractivity contribution in [2.24, 2.45) is 11.7 Å². The van der Waals surface area contributed by atoms with Crippen LogP contribution in [0.2, 0.25) is 0 Å². The molecule has 1 rings (SSSR count). The van der Waals surface area contributed by atoms with E-state index in [1.807, 2.05) is 20.8 Å². The summed E-state index contributed by atoms with van der Waals surface area (Å²) in [5.74, 6) is -0.649. The number of likely N-dealkylation sites (tertiary alicyclic amines) is 1. The van der Waals surface area contributed by atoms with E-state index in [2.05, 4.69) is 0 Å². The van der Waals surface area contributed by atoms with Gasteiger partial charge in [0.05, 0.1) is 0 Å². The van der Waals surface area contributed by atoms with Gasteiger partial charge in [0.1, 0.15) is 5.60 Å². The smallest absolute Gasteiger partial charge is 0.410 e. The number of ether oxygens (including phenoxy) is 1. The summed E-state index contributed by atoms with van der Waals surface area (Å²) in [7, 11) is 0. The van der Waals surface area contributed by atoms with E-state index in [9.17, 15) is 9.59 Å². The van der Waals surface area contributed by atoms with E-state index in [1.54, 1.807) is 4.90 Å². The molecular weight excluding hydrogens is 260 g/mol.